The number of carbonyl (C=O) groups is 10. The minimum Gasteiger partial charge on any atom is -0.480 e. The summed E-state index contributed by atoms with van der Waals surface area (Å²) in [6.45, 7) is 9.85. The van der Waals surface area contributed by atoms with E-state index < -0.39 is 120 Å². The summed E-state index contributed by atoms with van der Waals surface area (Å²) < 4.78 is 0. The van der Waals surface area contributed by atoms with Crippen LogP contribution in [0.3, 0.4) is 0 Å². The number of rotatable bonds is 30. The molecule has 14 N–H and O–H groups in total. The summed E-state index contributed by atoms with van der Waals surface area (Å²) in [6.07, 6.45) is 2.83. The van der Waals surface area contributed by atoms with Crippen molar-refractivity contribution in [3.63, 3.8) is 0 Å². The molecule has 9 atom stereocenters. The monoisotopic (exact) mass is 1010 g/mol. The lowest BCUT2D eigenvalue weighted by molar-refractivity contribution is -0.143. The van der Waals surface area contributed by atoms with Crippen LogP contribution < -0.4 is 48.7 Å². The average molecular weight is 1010 g/mol. The number of H-pyrrole nitrogens is 1. The fourth-order valence-electron chi connectivity index (χ4n) is 7.35. The van der Waals surface area contributed by atoms with Gasteiger partial charge in [-0.25, -0.2) is 9.78 Å². The number of aromatic amines is 1. The Morgan fingerprint density at radius 1 is 0.696 bits per heavy atom. The lowest BCUT2D eigenvalue weighted by atomic mass is 10.0. The van der Waals surface area contributed by atoms with Crippen molar-refractivity contribution in [2.24, 2.45) is 29.2 Å². The Morgan fingerprint density at radius 2 is 1.16 bits per heavy atom. The first-order valence-electron chi connectivity index (χ1n) is 22.9. The number of aromatic nitrogens is 2. The molecule has 1 aliphatic rings. The molecular weight excluding hydrogens is 941 g/mol. The molecule has 0 radical (unpaired) electrons. The third kappa shape index (κ3) is 20.2. The molecule has 69 heavy (non-hydrogen) atoms. The summed E-state index contributed by atoms with van der Waals surface area (Å²) in [5.74, 6) is -9.13. The van der Waals surface area contributed by atoms with E-state index in [1.54, 1.807) is 27.7 Å². The molecule has 1 aromatic rings. The smallest absolute Gasteiger partial charge is 0.327 e. The molecule has 24 nitrogen and oxygen atoms in total. The second-order valence-electron chi connectivity index (χ2n) is 18.3. The van der Waals surface area contributed by atoms with Crippen molar-refractivity contribution in [3.8, 4) is 0 Å². The minimum absolute atomic E-state index is 0.00461. The van der Waals surface area contributed by atoms with E-state index in [4.69, 9.17) is 11.5 Å². The molecule has 0 aromatic carbocycles. The molecule has 1 fully saturated rings. The summed E-state index contributed by atoms with van der Waals surface area (Å²) in [7, 11) is 0. The van der Waals surface area contributed by atoms with Gasteiger partial charge in [0.1, 0.15) is 48.3 Å². The highest BCUT2D eigenvalue weighted by Crippen LogP contribution is 2.21. The molecule has 26 heteroatoms. The number of carboxylic acids is 1. The third-order valence-electron chi connectivity index (χ3n) is 10.9. The Morgan fingerprint density at radius 3 is 1.59 bits per heavy atom. The maximum Gasteiger partial charge on any atom is 0.327 e. The van der Waals surface area contributed by atoms with Crippen molar-refractivity contribution in [2.75, 3.05) is 24.7 Å². The van der Waals surface area contributed by atoms with E-state index in [-0.39, 0.29) is 80.7 Å². The Hall–Kier alpha value is -5.47. The number of imidazole rings is 1. The first-order chi connectivity index (χ1) is 32.4. The van der Waals surface area contributed by atoms with E-state index in [0.717, 1.165) is 0 Å². The number of primary amides is 1. The lowest BCUT2D eigenvalue weighted by Crippen LogP contribution is -2.61. The van der Waals surface area contributed by atoms with Crippen LogP contribution in [0.2, 0.25) is 0 Å². The van der Waals surface area contributed by atoms with E-state index in [1.807, 2.05) is 13.8 Å². The van der Waals surface area contributed by atoms with Crippen LogP contribution >= 0.6 is 25.3 Å². The highest BCUT2D eigenvalue weighted by molar-refractivity contribution is 7.80. The fraction of sp³-hybridized carbons (Fsp3) is 0.698. The van der Waals surface area contributed by atoms with Crippen LogP contribution in [0, 0.1) is 17.8 Å². The number of nitrogens with zero attached hydrogens (tertiary/aromatic N) is 2. The molecule has 0 unspecified atom stereocenters. The number of hydrogen-bond donors (Lipinski definition) is 14. The average Bonchev–Trinajstić information content (AvgIpc) is 3.99. The molecule has 1 aliphatic heterocycles. The van der Waals surface area contributed by atoms with Crippen molar-refractivity contribution in [3.05, 3.63) is 18.2 Å². The normalized spacial score (nSPS) is 17.1. The largest absolute Gasteiger partial charge is 0.480 e. The van der Waals surface area contributed by atoms with Crippen molar-refractivity contribution in [1.29, 1.82) is 0 Å². The molecular formula is C43H72N12O12S2. The molecule has 388 valence electrons. The van der Waals surface area contributed by atoms with Crippen molar-refractivity contribution < 1.29 is 58.2 Å². The number of nitrogens with one attached hydrogen (secondary N) is 8. The van der Waals surface area contributed by atoms with Gasteiger partial charge in [0.2, 0.25) is 53.2 Å². The first kappa shape index (κ1) is 59.7. The molecule has 9 amide bonds. The molecule has 0 saturated carbocycles. The van der Waals surface area contributed by atoms with Gasteiger partial charge in [-0.05, 0) is 56.3 Å². The Kier molecular flexibility index (Phi) is 25.5. The lowest BCUT2D eigenvalue weighted by Gasteiger charge is -2.31. The molecule has 0 bridgehead atoms. The number of nitrogens with two attached hydrogens (primary N) is 2. The quantitative estimate of drug-likeness (QED) is 0.0342. The molecule has 0 aliphatic carbocycles. The zero-order valence-corrected chi connectivity index (χ0v) is 41.8. The maximum atomic E-state index is 14.2. The van der Waals surface area contributed by atoms with Crippen LogP contribution in [-0.2, 0) is 54.4 Å². The van der Waals surface area contributed by atoms with Gasteiger partial charge in [-0.3, -0.25) is 43.2 Å². The van der Waals surface area contributed by atoms with E-state index in [0.29, 0.717) is 12.1 Å². The number of carboxylic acid groups (broad SMARTS) is 1. The summed E-state index contributed by atoms with van der Waals surface area (Å²) >= 11 is 8.00. The molecule has 2 heterocycles. The molecule has 0 spiro atoms. The second kappa shape index (κ2) is 29.5. The fourth-order valence-corrected chi connectivity index (χ4v) is 7.77. The standard InChI is InChI=1S/C43H72N12O12S2/c1-21(2)12-27(49-35(58)25(44)18-68)36(59)48-26(9-10-34(45)57)42(65)55-11-7-8-33(55)41(64)52-30(15-24-16-46-20-47-24)39(62)50-28(13-22(3)4)37(60)53-31(17-56)40(63)51-29(14-23(5)6)38(61)54-32(19-69)43(66)67/h16,20-23,25-33,56,68-69H,7-15,17-19,44H2,1-6H3,(H2,45,57)(H,46,47)(H,48,59)(H,49,58)(H,50,62)(H,51,63)(H,52,64)(H,53,60)(H,54,61)(H,66,67)/t25-,26-,27-,28-,29-,30-,31-,32-,33-/m0/s1. The van der Waals surface area contributed by atoms with Crippen LogP contribution in [0.25, 0.3) is 0 Å². The summed E-state index contributed by atoms with van der Waals surface area (Å²) in [6, 6.07) is -11.6. The maximum absolute atomic E-state index is 14.2. The van der Waals surface area contributed by atoms with Crippen LogP contribution in [0.1, 0.15) is 92.2 Å². The van der Waals surface area contributed by atoms with Crippen LogP contribution in [-0.4, -0.2) is 163 Å². The van der Waals surface area contributed by atoms with Crippen molar-refractivity contribution in [1.82, 2.24) is 52.1 Å². The Labute approximate surface area is 412 Å². The topological polar surface area (TPSA) is 379 Å². The third-order valence-corrected chi connectivity index (χ3v) is 11.7. The predicted octanol–water partition coefficient (Wildman–Crippen LogP) is -3.00. The van der Waals surface area contributed by atoms with E-state index in [9.17, 15) is 58.2 Å². The van der Waals surface area contributed by atoms with E-state index >= 15 is 0 Å². The van der Waals surface area contributed by atoms with Gasteiger partial charge in [0.15, 0.2) is 0 Å². The minimum atomic E-state index is -1.62. The zero-order chi connectivity index (χ0) is 52.1. The van der Waals surface area contributed by atoms with Gasteiger partial charge in [0.05, 0.1) is 19.0 Å². The predicted molar refractivity (Wildman–Crippen MR) is 258 cm³/mol. The number of aliphatic hydroxyl groups excluding tert-OH is 1. The van der Waals surface area contributed by atoms with E-state index in [1.165, 1.54) is 17.4 Å². The van der Waals surface area contributed by atoms with Gasteiger partial charge in [-0.1, -0.05) is 41.5 Å². The van der Waals surface area contributed by atoms with Crippen LogP contribution in [0.15, 0.2) is 12.5 Å². The zero-order valence-electron chi connectivity index (χ0n) is 40.0. The Bertz CT molecular complexity index is 1920. The van der Waals surface area contributed by atoms with Crippen LogP contribution in [0.5, 0.6) is 0 Å². The molecule has 2 rings (SSSR count). The first-order valence-corrected chi connectivity index (χ1v) is 24.2. The highest BCUT2D eigenvalue weighted by atomic mass is 32.1. The number of hydrogen-bond acceptors (Lipinski definition) is 15. The number of amides is 9. The van der Waals surface area contributed by atoms with Crippen LogP contribution in [0.4, 0.5) is 0 Å². The summed E-state index contributed by atoms with van der Waals surface area (Å²) in [5, 5.41) is 37.4. The van der Waals surface area contributed by atoms with Crippen molar-refractivity contribution in [2.45, 2.75) is 147 Å². The van der Waals surface area contributed by atoms with Gasteiger partial charge in [-0.2, -0.15) is 25.3 Å². The SMILES string of the molecule is CC(C)C[C@H](NC(=O)[C@H](CO)NC(=O)[C@H](CC(C)C)NC(=O)[C@H](Cc1cnc[nH]1)NC(=O)[C@@H]1CCCN1C(=O)[C@H](CCC(N)=O)NC(=O)[C@H](CC(C)C)NC(=O)[C@@H](N)CS)C(=O)N[C@@H](CS)C(=O)O. The van der Waals surface area contributed by atoms with Gasteiger partial charge in [0.25, 0.3) is 0 Å². The second-order valence-corrected chi connectivity index (χ2v) is 19.0. The molecule has 1 aromatic heterocycles. The van der Waals surface area contributed by atoms with Crippen molar-refractivity contribution >= 4 is 84.4 Å². The number of aliphatic hydroxyl groups is 1. The highest BCUT2D eigenvalue weighted by Gasteiger charge is 2.41. The number of carbonyl (C=O) groups excluding carboxylic acids is 9. The summed E-state index contributed by atoms with van der Waals surface area (Å²) in [5.41, 5.74) is 11.7. The summed E-state index contributed by atoms with van der Waals surface area (Å²) in [4.78, 5) is 141. The molecule has 1 saturated heterocycles. The van der Waals surface area contributed by atoms with Gasteiger partial charge in [-0.15, -0.1) is 0 Å². The van der Waals surface area contributed by atoms with Gasteiger partial charge in [0, 0.05) is 42.8 Å². The number of aliphatic carboxylic acids is 1. The van der Waals surface area contributed by atoms with Gasteiger partial charge < -0.3 is 68.8 Å². The Balaban J connectivity index is 2.37. The number of likely N-dealkylation sites (tertiary alicyclic amines) is 1. The number of thiol groups is 2. The van der Waals surface area contributed by atoms with Gasteiger partial charge >= 0.3 is 5.97 Å². The van der Waals surface area contributed by atoms with E-state index in [2.05, 4.69) is 72.4 Å².